The van der Waals surface area contributed by atoms with Crippen molar-refractivity contribution in [2.24, 2.45) is 5.10 Å². The largest absolute Gasteiger partial charge is 0.422 e. The summed E-state index contributed by atoms with van der Waals surface area (Å²) in [5.41, 5.74) is 5.09. The summed E-state index contributed by atoms with van der Waals surface area (Å²) in [6.07, 6.45) is 9.40. The van der Waals surface area contributed by atoms with Gasteiger partial charge >= 0.3 is 0 Å². The molecule has 0 atom stereocenters. The predicted octanol–water partition coefficient (Wildman–Crippen LogP) is 4.52. The Morgan fingerprint density at radius 1 is 1.28 bits per heavy atom. The summed E-state index contributed by atoms with van der Waals surface area (Å²) in [5, 5.41) is 14.6. The lowest BCUT2D eigenvalue weighted by atomic mass is 9.89. The van der Waals surface area contributed by atoms with Crippen LogP contribution in [0.4, 0.5) is 5.88 Å². The summed E-state index contributed by atoms with van der Waals surface area (Å²) in [6, 6.07) is 10.1. The zero-order valence-electron chi connectivity index (χ0n) is 13.8. The first-order chi connectivity index (χ1) is 12.3. The summed E-state index contributed by atoms with van der Waals surface area (Å²) in [4.78, 5) is 7.52. The number of hydrazone groups is 1. The van der Waals surface area contributed by atoms with Gasteiger partial charge in [-0.2, -0.15) is 10.4 Å². The van der Waals surface area contributed by atoms with Gasteiger partial charge in [-0.05, 0) is 35.9 Å². The molecule has 1 saturated carbocycles. The Kier molecular flexibility index (Phi) is 4.21. The molecule has 4 rings (SSSR count). The van der Waals surface area contributed by atoms with Crippen LogP contribution in [0.15, 0.2) is 40.0 Å². The van der Waals surface area contributed by atoms with Gasteiger partial charge in [0.15, 0.2) is 0 Å². The molecule has 3 aromatic rings. The van der Waals surface area contributed by atoms with Crippen molar-refractivity contribution in [1.29, 1.82) is 5.26 Å². The number of nitrogens with zero attached hydrogens (tertiary/aromatic N) is 3. The third kappa shape index (κ3) is 3.26. The van der Waals surface area contributed by atoms with Gasteiger partial charge in [-0.25, -0.2) is 10.4 Å². The van der Waals surface area contributed by atoms with Gasteiger partial charge in [-0.1, -0.05) is 31.4 Å². The molecule has 0 spiro atoms. The molecule has 6 nitrogen and oxygen atoms in total. The number of hydrogen-bond donors (Lipinski definition) is 2. The number of oxazole rings is 1. The van der Waals surface area contributed by atoms with Crippen molar-refractivity contribution < 1.29 is 4.42 Å². The molecule has 2 aromatic heterocycles. The highest BCUT2D eigenvalue weighted by Gasteiger charge is 2.23. The fraction of sp³-hybridized carbons (Fsp3) is 0.316. The number of fused-ring (bicyclic) bond motifs is 1. The Labute approximate surface area is 145 Å². The van der Waals surface area contributed by atoms with E-state index in [1.54, 1.807) is 6.21 Å². The fourth-order valence-corrected chi connectivity index (χ4v) is 3.32. The Balaban J connectivity index is 1.49. The molecule has 0 bridgehead atoms. The summed E-state index contributed by atoms with van der Waals surface area (Å²) in [6.45, 7) is 0. The maximum Gasteiger partial charge on any atom is 0.252 e. The molecule has 1 aliphatic carbocycles. The van der Waals surface area contributed by atoms with E-state index >= 15 is 0 Å². The molecule has 1 aromatic carbocycles. The summed E-state index contributed by atoms with van der Waals surface area (Å²) >= 11 is 0. The van der Waals surface area contributed by atoms with E-state index in [-0.39, 0.29) is 5.69 Å². The lowest BCUT2D eigenvalue weighted by molar-refractivity contribution is 0.367. The minimum atomic E-state index is 0.262. The van der Waals surface area contributed by atoms with Gasteiger partial charge in [-0.3, -0.25) is 0 Å². The van der Waals surface area contributed by atoms with Gasteiger partial charge < -0.3 is 9.40 Å². The highest BCUT2D eigenvalue weighted by atomic mass is 16.4. The summed E-state index contributed by atoms with van der Waals surface area (Å²) in [5.74, 6) is 1.29. The molecule has 0 radical (unpaired) electrons. The Morgan fingerprint density at radius 3 is 3.00 bits per heavy atom. The van der Waals surface area contributed by atoms with Crippen LogP contribution in [-0.2, 0) is 0 Å². The Bertz CT molecular complexity index is 940. The standard InChI is InChI=1S/C19H19N5O/c20-11-17-19(25-18(23-17)15-4-2-1-3-5-15)24-22-12-13-6-7-14-8-9-21-16(14)10-13/h6-10,12,15,21,24H,1-5H2. The molecule has 1 fully saturated rings. The van der Waals surface area contributed by atoms with Crippen molar-refractivity contribution in [3.63, 3.8) is 0 Å². The van der Waals surface area contributed by atoms with Gasteiger partial charge in [0.05, 0.1) is 6.21 Å². The zero-order valence-corrected chi connectivity index (χ0v) is 13.8. The van der Waals surface area contributed by atoms with Gasteiger partial charge in [0.1, 0.15) is 6.07 Å². The van der Waals surface area contributed by atoms with E-state index < -0.39 is 0 Å². The number of nitrogens with one attached hydrogen (secondary N) is 2. The zero-order chi connectivity index (χ0) is 17.1. The SMILES string of the molecule is N#Cc1nc(C2CCCCC2)oc1NN=Cc1ccc2cc[nH]c2c1. The molecule has 2 heterocycles. The second-order valence-electron chi connectivity index (χ2n) is 6.37. The Morgan fingerprint density at radius 2 is 2.16 bits per heavy atom. The molecule has 25 heavy (non-hydrogen) atoms. The van der Waals surface area contributed by atoms with E-state index in [1.165, 1.54) is 19.3 Å². The van der Waals surface area contributed by atoms with E-state index in [0.29, 0.717) is 17.7 Å². The number of rotatable bonds is 4. The lowest BCUT2D eigenvalue weighted by Gasteiger charge is -2.17. The number of aromatic amines is 1. The van der Waals surface area contributed by atoms with E-state index in [4.69, 9.17) is 4.42 Å². The second kappa shape index (κ2) is 6.81. The number of hydrogen-bond acceptors (Lipinski definition) is 5. The number of anilines is 1. The molecular weight excluding hydrogens is 314 g/mol. The maximum atomic E-state index is 9.27. The third-order valence-electron chi connectivity index (χ3n) is 4.66. The average Bonchev–Trinajstić information content (AvgIpc) is 3.28. The first-order valence-electron chi connectivity index (χ1n) is 8.60. The first-order valence-corrected chi connectivity index (χ1v) is 8.60. The van der Waals surface area contributed by atoms with Crippen LogP contribution in [0.5, 0.6) is 0 Å². The van der Waals surface area contributed by atoms with Crippen molar-refractivity contribution in [2.75, 3.05) is 5.43 Å². The monoisotopic (exact) mass is 333 g/mol. The molecule has 1 aliphatic rings. The molecule has 126 valence electrons. The number of H-pyrrole nitrogens is 1. The molecule has 0 saturated heterocycles. The van der Waals surface area contributed by atoms with Crippen LogP contribution in [0.3, 0.4) is 0 Å². The van der Waals surface area contributed by atoms with Gasteiger partial charge in [0.2, 0.25) is 11.6 Å². The van der Waals surface area contributed by atoms with Gasteiger partial charge in [0.25, 0.3) is 5.88 Å². The van der Waals surface area contributed by atoms with Crippen LogP contribution in [0.25, 0.3) is 10.9 Å². The van der Waals surface area contributed by atoms with Crippen LogP contribution in [-0.4, -0.2) is 16.2 Å². The van der Waals surface area contributed by atoms with Crippen LogP contribution in [0.2, 0.25) is 0 Å². The maximum absolute atomic E-state index is 9.27. The first kappa shape index (κ1) is 15.5. The van der Waals surface area contributed by atoms with Crippen molar-refractivity contribution in [3.05, 3.63) is 47.6 Å². The molecular formula is C19H19N5O. The normalized spacial score (nSPS) is 15.6. The summed E-state index contributed by atoms with van der Waals surface area (Å²) in [7, 11) is 0. The minimum absolute atomic E-state index is 0.262. The highest BCUT2D eigenvalue weighted by Crippen LogP contribution is 2.34. The van der Waals surface area contributed by atoms with Gasteiger partial charge in [-0.15, -0.1) is 0 Å². The summed E-state index contributed by atoms with van der Waals surface area (Å²) < 4.78 is 5.78. The van der Waals surface area contributed by atoms with Crippen molar-refractivity contribution in [3.8, 4) is 6.07 Å². The quantitative estimate of drug-likeness (QED) is 0.542. The van der Waals surface area contributed by atoms with Gasteiger partial charge in [0, 0.05) is 17.6 Å². The van der Waals surface area contributed by atoms with Crippen molar-refractivity contribution in [2.45, 2.75) is 38.0 Å². The number of aromatic nitrogens is 2. The lowest BCUT2D eigenvalue weighted by Crippen LogP contribution is -2.04. The fourth-order valence-electron chi connectivity index (χ4n) is 3.32. The van der Waals surface area contributed by atoms with E-state index in [0.717, 1.165) is 29.3 Å². The van der Waals surface area contributed by atoms with Crippen molar-refractivity contribution in [1.82, 2.24) is 9.97 Å². The van der Waals surface area contributed by atoms with E-state index in [2.05, 4.69) is 26.6 Å². The average molecular weight is 333 g/mol. The van der Waals surface area contributed by atoms with E-state index in [1.807, 2.05) is 30.5 Å². The van der Waals surface area contributed by atoms with E-state index in [9.17, 15) is 5.26 Å². The van der Waals surface area contributed by atoms with Crippen LogP contribution < -0.4 is 5.43 Å². The third-order valence-corrected chi connectivity index (χ3v) is 4.66. The molecule has 0 unspecified atom stereocenters. The molecule has 2 N–H and O–H groups in total. The highest BCUT2D eigenvalue weighted by molar-refractivity contribution is 5.88. The van der Waals surface area contributed by atoms with Crippen molar-refractivity contribution >= 4 is 23.0 Å². The second-order valence-corrected chi connectivity index (χ2v) is 6.37. The molecule has 6 heteroatoms. The Hall–Kier alpha value is -3.07. The predicted molar refractivity (Wildman–Crippen MR) is 96.6 cm³/mol. The minimum Gasteiger partial charge on any atom is -0.422 e. The molecule has 0 aliphatic heterocycles. The number of nitriles is 1. The van der Waals surface area contributed by atoms with Crippen LogP contribution >= 0.6 is 0 Å². The van der Waals surface area contributed by atoms with Crippen LogP contribution in [0.1, 0.15) is 55.2 Å². The molecule has 0 amide bonds. The topological polar surface area (TPSA) is 90.0 Å². The smallest absolute Gasteiger partial charge is 0.252 e. The van der Waals surface area contributed by atoms with Crippen LogP contribution in [0, 0.1) is 11.3 Å². The number of benzene rings is 1.